The van der Waals surface area contributed by atoms with E-state index in [1.54, 1.807) is 0 Å². The minimum Gasteiger partial charge on any atom is -0.472 e. The zero-order valence-electron chi connectivity index (χ0n) is 18.5. The van der Waals surface area contributed by atoms with Gasteiger partial charge in [-0.25, -0.2) is 0 Å². The van der Waals surface area contributed by atoms with Crippen LogP contribution in [0, 0.1) is 13.8 Å². The van der Waals surface area contributed by atoms with E-state index in [0.717, 1.165) is 35.4 Å². The van der Waals surface area contributed by atoms with E-state index in [1.807, 2.05) is 0 Å². The van der Waals surface area contributed by atoms with Crippen LogP contribution in [0.25, 0.3) is 10.8 Å². The van der Waals surface area contributed by atoms with E-state index in [9.17, 15) is 0 Å². The molecule has 4 aromatic rings. The molecule has 0 saturated heterocycles. The van der Waals surface area contributed by atoms with Gasteiger partial charge in [0.25, 0.3) is 0 Å². The Morgan fingerprint density at radius 1 is 0.562 bits per heavy atom. The number of rotatable bonds is 2. The molecule has 4 heteroatoms. The van der Waals surface area contributed by atoms with Crippen molar-refractivity contribution in [2.75, 3.05) is 23.3 Å². The SMILES string of the molecule is Cc1ccccc1N1COc2c(ccc3c4c(ccc23)CN(c2ccccc2C)CO4)C1. The van der Waals surface area contributed by atoms with Crippen molar-refractivity contribution < 1.29 is 9.47 Å². The monoisotopic (exact) mass is 422 g/mol. The van der Waals surface area contributed by atoms with Gasteiger partial charge in [-0.1, -0.05) is 60.7 Å². The fourth-order valence-corrected chi connectivity index (χ4v) is 4.96. The maximum absolute atomic E-state index is 6.32. The second-order valence-electron chi connectivity index (χ2n) is 8.72. The minimum absolute atomic E-state index is 0.552. The predicted molar refractivity (Wildman–Crippen MR) is 130 cm³/mol. The maximum atomic E-state index is 6.32. The highest BCUT2D eigenvalue weighted by molar-refractivity contribution is 5.95. The summed E-state index contributed by atoms with van der Waals surface area (Å²) in [6.07, 6.45) is 0. The lowest BCUT2D eigenvalue weighted by molar-refractivity contribution is 0.289. The number of anilines is 2. The Morgan fingerprint density at radius 2 is 1.00 bits per heavy atom. The highest BCUT2D eigenvalue weighted by Crippen LogP contribution is 2.42. The molecule has 0 aliphatic carbocycles. The molecule has 0 fully saturated rings. The van der Waals surface area contributed by atoms with Gasteiger partial charge in [0.05, 0.1) is 0 Å². The molecule has 32 heavy (non-hydrogen) atoms. The van der Waals surface area contributed by atoms with Gasteiger partial charge in [0, 0.05) is 46.4 Å². The van der Waals surface area contributed by atoms with Crippen LogP contribution in [0.3, 0.4) is 0 Å². The first-order valence-electron chi connectivity index (χ1n) is 11.1. The molecule has 4 aromatic carbocycles. The van der Waals surface area contributed by atoms with Crippen LogP contribution >= 0.6 is 0 Å². The summed E-state index contributed by atoms with van der Waals surface area (Å²) in [5.74, 6) is 1.97. The molecular weight excluding hydrogens is 396 g/mol. The lowest BCUT2D eigenvalue weighted by Crippen LogP contribution is -2.33. The predicted octanol–water partition coefficient (Wildman–Crippen LogP) is 6.17. The Bertz CT molecular complexity index is 1230. The van der Waals surface area contributed by atoms with Crippen molar-refractivity contribution in [1.29, 1.82) is 0 Å². The third kappa shape index (κ3) is 3.06. The molecule has 4 nitrogen and oxygen atoms in total. The lowest BCUT2D eigenvalue weighted by Gasteiger charge is -2.34. The van der Waals surface area contributed by atoms with E-state index in [1.165, 1.54) is 33.6 Å². The summed E-state index contributed by atoms with van der Waals surface area (Å²) in [7, 11) is 0. The number of hydrogen-bond acceptors (Lipinski definition) is 4. The van der Waals surface area contributed by atoms with Crippen molar-refractivity contribution in [1.82, 2.24) is 0 Å². The number of para-hydroxylation sites is 2. The van der Waals surface area contributed by atoms with Crippen molar-refractivity contribution >= 4 is 22.1 Å². The topological polar surface area (TPSA) is 24.9 Å². The molecule has 2 heterocycles. The number of benzene rings is 4. The first-order valence-corrected chi connectivity index (χ1v) is 11.1. The van der Waals surface area contributed by atoms with E-state index in [-0.39, 0.29) is 0 Å². The number of fused-ring (bicyclic) bond motifs is 5. The van der Waals surface area contributed by atoms with E-state index in [0.29, 0.717) is 13.5 Å². The summed E-state index contributed by atoms with van der Waals surface area (Å²) >= 11 is 0. The molecule has 0 N–H and O–H groups in total. The van der Waals surface area contributed by atoms with E-state index < -0.39 is 0 Å². The Labute approximate surface area is 188 Å². The van der Waals surface area contributed by atoms with Crippen LogP contribution in [-0.2, 0) is 13.1 Å². The van der Waals surface area contributed by atoms with Gasteiger partial charge in [-0.05, 0) is 37.1 Å². The van der Waals surface area contributed by atoms with Crippen LogP contribution in [0.4, 0.5) is 11.4 Å². The van der Waals surface area contributed by atoms with Gasteiger partial charge in [-0.3, -0.25) is 0 Å². The van der Waals surface area contributed by atoms with E-state index in [2.05, 4.69) is 96.4 Å². The van der Waals surface area contributed by atoms with Crippen LogP contribution in [0.1, 0.15) is 22.3 Å². The van der Waals surface area contributed by atoms with Gasteiger partial charge < -0.3 is 19.3 Å². The number of nitrogens with zero attached hydrogens (tertiary/aromatic N) is 2. The summed E-state index contributed by atoms with van der Waals surface area (Å²) in [6, 6.07) is 25.7. The molecule has 0 saturated carbocycles. The van der Waals surface area contributed by atoms with Crippen LogP contribution < -0.4 is 19.3 Å². The molecule has 0 bridgehead atoms. The first-order chi connectivity index (χ1) is 15.7. The molecule has 0 unspecified atom stereocenters. The highest BCUT2D eigenvalue weighted by Gasteiger charge is 2.25. The first kappa shape index (κ1) is 19.1. The van der Waals surface area contributed by atoms with Gasteiger partial charge in [-0.15, -0.1) is 0 Å². The van der Waals surface area contributed by atoms with Gasteiger partial charge in [0.2, 0.25) is 0 Å². The molecule has 6 rings (SSSR count). The van der Waals surface area contributed by atoms with Gasteiger partial charge >= 0.3 is 0 Å². The van der Waals surface area contributed by atoms with Gasteiger partial charge in [0.15, 0.2) is 13.5 Å². The van der Waals surface area contributed by atoms with E-state index >= 15 is 0 Å². The molecule has 0 radical (unpaired) electrons. The van der Waals surface area contributed by atoms with Crippen LogP contribution in [0.15, 0.2) is 72.8 Å². The third-order valence-electron chi connectivity index (χ3n) is 6.63. The van der Waals surface area contributed by atoms with Crippen molar-refractivity contribution in [2.45, 2.75) is 26.9 Å². The van der Waals surface area contributed by atoms with Gasteiger partial charge in [-0.2, -0.15) is 0 Å². The second kappa shape index (κ2) is 7.49. The quantitative estimate of drug-likeness (QED) is 0.386. The summed E-state index contributed by atoms with van der Waals surface area (Å²) < 4.78 is 12.6. The lowest BCUT2D eigenvalue weighted by atomic mass is 9.99. The number of aryl methyl sites for hydroxylation is 2. The van der Waals surface area contributed by atoms with Gasteiger partial charge in [0.1, 0.15) is 11.5 Å². The largest absolute Gasteiger partial charge is 0.472 e. The molecule has 0 amide bonds. The van der Waals surface area contributed by atoms with Crippen LogP contribution in [0.5, 0.6) is 11.5 Å². The average molecular weight is 423 g/mol. The van der Waals surface area contributed by atoms with Crippen LogP contribution in [-0.4, -0.2) is 13.5 Å². The number of hydrogen-bond donors (Lipinski definition) is 0. The van der Waals surface area contributed by atoms with E-state index in [4.69, 9.17) is 9.47 Å². The maximum Gasteiger partial charge on any atom is 0.161 e. The fraction of sp³-hybridized carbons (Fsp3) is 0.214. The molecule has 0 atom stereocenters. The molecular formula is C28H26N2O2. The van der Waals surface area contributed by atoms with Crippen molar-refractivity contribution in [2.24, 2.45) is 0 Å². The summed E-state index contributed by atoms with van der Waals surface area (Å²) in [4.78, 5) is 4.58. The second-order valence-corrected chi connectivity index (χ2v) is 8.72. The zero-order valence-corrected chi connectivity index (χ0v) is 18.5. The zero-order chi connectivity index (χ0) is 21.7. The average Bonchev–Trinajstić information content (AvgIpc) is 2.83. The Balaban J connectivity index is 1.34. The van der Waals surface area contributed by atoms with Crippen LogP contribution in [0.2, 0.25) is 0 Å². The third-order valence-corrected chi connectivity index (χ3v) is 6.63. The highest BCUT2D eigenvalue weighted by atomic mass is 16.5. The number of ether oxygens (including phenoxy) is 2. The van der Waals surface area contributed by atoms with Crippen molar-refractivity contribution in [3.8, 4) is 11.5 Å². The summed E-state index contributed by atoms with van der Waals surface area (Å²) in [6.45, 7) is 7.08. The molecule has 0 aromatic heterocycles. The molecule has 0 spiro atoms. The smallest absolute Gasteiger partial charge is 0.161 e. The molecule has 2 aliphatic heterocycles. The Morgan fingerprint density at radius 3 is 1.44 bits per heavy atom. The minimum atomic E-state index is 0.552. The van der Waals surface area contributed by atoms with Crippen molar-refractivity contribution in [3.05, 3.63) is 95.1 Å². The standard InChI is InChI=1S/C28H26N2O2/c1-19-7-3-5-9-25(19)29-15-21-11-13-24-23(27(21)31-17-29)14-12-22-16-30(18-32-28(22)24)26-10-6-4-8-20(26)2/h3-14H,15-18H2,1-2H3. The fourth-order valence-electron chi connectivity index (χ4n) is 4.96. The normalized spacial score (nSPS) is 15.1. The summed E-state index contributed by atoms with van der Waals surface area (Å²) in [5, 5.41) is 2.27. The Hall–Kier alpha value is -3.66. The van der Waals surface area contributed by atoms with Crippen molar-refractivity contribution in [3.63, 3.8) is 0 Å². The Kier molecular flexibility index (Phi) is 4.46. The molecule has 2 aliphatic rings. The summed E-state index contributed by atoms with van der Waals surface area (Å²) in [5.41, 5.74) is 7.40. The molecule has 160 valence electrons.